The summed E-state index contributed by atoms with van der Waals surface area (Å²) in [4.78, 5) is 40.3. The SMILES string of the molecule is CN1CCN(c2nc(C3=C(C4CNc5ccccc54)C(=O)NC3=O)c3ccccc3n2)CC1. The Bertz CT molecular complexity index is 1330. The number of piperazine rings is 1. The van der Waals surface area contributed by atoms with Crippen LogP contribution in [0.1, 0.15) is 17.2 Å². The molecule has 2 N–H and O–H groups in total. The van der Waals surface area contributed by atoms with E-state index in [1.165, 1.54) is 0 Å². The van der Waals surface area contributed by atoms with Crippen LogP contribution in [0.2, 0.25) is 0 Å². The summed E-state index contributed by atoms with van der Waals surface area (Å²) in [6.07, 6.45) is 0. The molecular formula is C25H24N6O2. The van der Waals surface area contributed by atoms with E-state index in [-0.39, 0.29) is 11.8 Å². The highest BCUT2D eigenvalue weighted by molar-refractivity contribution is 6.37. The number of fused-ring (bicyclic) bond motifs is 2. The number of carbonyl (C=O) groups is 2. The van der Waals surface area contributed by atoms with E-state index in [9.17, 15) is 9.59 Å². The molecule has 1 fully saturated rings. The summed E-state index contributed by atoms with van der Waals surface area (Å²) >= 11 is 0. The average Bonchev–Trinajstić information content (AvgIpc) is 3.38. The van der Waals surface area contributed by atoms with E-state index in [1.54, 1.807) is 0 Å². The monoisotopic (exact) mass is 440 g/mol. The number of hydrogen-bond donors (Lipinski definition) is 2. The number of nitrogens with zero attached hydrogens (tertiary/aromatic N) is 4. The fourth-order valence-corrected chi connectivity index (χ4v) is 4.98. The third kappa shape index (κ3) is 3.25. The summed E-state index contributed by atoms with van der Waals surface area (Å²) in [5, 5.41) is 6.67. The van der Waals surface area contributed by atoms with Crippen LogP contribution in [0.3, 0.4) is 0 Å². The number of nitrogens with one attached hydrogen (secondary N) is 2. The van der Waals surface area contributed by atoms with E-state index < -0.39 is 5.91 Å². The first-order valence-electron chi connectivity index (χ1n) is 11.2. The maximum absolute atomic E-state index is 13.1. The molecule has 2 amide bonds. The second kappa shape index (κ2) is 7.67. The molecule has 3 aliphatic rings. The van der Waals surface area contributed by atoms with Gasteiger partial charge < -0.3 is 15.1 Å². The number of aromatic nitrogens is 2. The lowest BCUT2D eigenvalue weighted by Crippen LogP contribution is -2.45. The normalized spacial score (nSPS) is 20.9. The van der Waals surface area contributed by atoms with Crippen molar-refractivity contribution in [3.05, 3.63) is 65.4 Å². The number of anilines is 2. The predicted molar refractivity (Wildman–Crippen MR) is 127 cm³/mol. The van der Waals surface area contributed by atoms with Crippen LogP contribution in [0.15, 0.2) is 54.1 Å². The van der Waals surface area contributed by atoms with Crippen molar-refractivity contribution in [3.8, 4) is 0 Å². The van der Waals surface area contributed by atoms with Gasteiger partial charge in [-0.15, -0.1) is 0 Å². The minimum absolute atomic E-state index is 0.219. The molecule has 6 rings (SSSR count). The Balaban J connectivity index is 1.55. The molecule has 0 saturated carbocycles. The van der Waals surface area contributed by atoms with Crippen molar-refractivity contribution in [3.63, 3.8) is 0 Å². The zero-order valence-electron chi connectivity index (χ0n) is 18.3. The molecule has 1 saturated heterocycles. The molecule has 3 aliphatic heterocycles. The lowest BCUT2D eigenvalue weighted by molar-refractivity contribution is -0.123. The van der Waals surface area contributed by atoms with Gasteiger partial charge in [-0.25, -0.2) is 9.97 Å². The van der Waals surface area contributed by atoms with Gasteiger partial charge in [-0.1, -0.05) is 36.4 Å². The van der Waals surface area contributed by atoms with Gasteiger partial charge >= 0.3 is 0 Å². The maximum Gasteiger partial charge on any atom is 0.260 e. The summed E-state index contributed by atoms with van der Waals surface area (Å²) < 4.78 is 0. The van der Waals surface area contributed by atoms with E-state index in [4.69, 9.17) is 9.97 Å². The van der Waals surface area contributed by atoms with E-state index >= 15 is 0 Å². The van der Waals surface area contributed by atoms with Gasteiger partial charge in [0.25, 0.3) is 11.8 Å². The highest BCUT2D eigenvalue weighted by Gasteiger charge is 2.40. The van der Waals surface area contributed by atoms with Crippen molar-refractivity contribution in [2.24, 2.45) is 0 Å². The molecule has 1 aromatic heterocycles. The highest BCUT2D eigenvalue weighted by Crippen LogP contribution is 2.42. The molecule has 1 unspecified atom stereocenters. The molecule has 4 heterocycles. The van der Waals surface area contributed by atoms with Crippen LogP contribution in [0.4, 0.5) is 11.6 Å². The van der Waals surface area contributed by atoms with Gasteiger partial charge in [-0.3, -0.25) is 14.9 Å². The van der Waals surface area contributed by atoms with E-state index in [0.717, 1.165) is 48.3 Å². The molecule has 0 spiro atoms. The smallest absolute Gasteiger partial charge is 0.260 e. The quantitative estimate of drug-likeness (QED) is 0.602. The van der Waals surface area contributed by atoms with Gasteiger partial charge in [0.05, 0.1) is 16.8 Å². The fourth-order valence-electron chi connectivity index (χ4n) is 4.98. The number of hydrogen-bond acceptors (Lipinski definition) is 7. The summed E-state index contributed by atoms with van der Waals surface area (Å²) in [6, 6.07) is 15.6. The molecule has 8 heteroatoms. The molecule has 8 nitrogen and oxygen atoms in total. The zero-order chi connectivity index (χ0) is 22.5. The van der Waals surface area contributed by atoms with Crippen molar-refractivity contribution >= 4 is 39.9 Å². The van der Waals surface area contributed by atoms with Crippen LogP contribution in [0, 0.1) is 0 Å². The fraction of sp³-hybridized carbons (Fsp3) is 0.280. The first-order valence-corrected chi connectivity index (χ1v) is 11.2. The molecule has 33 heavy (non-hydrogen) atoms. The van der Waals surface area contributed by atoms with Crippen LogP contribution in [-0.4, -0.2) is 66.5 Å². The summed E-state index contributed by atoms with van der Waals surface area (Å²) in [6.45, 7) is 4.02. The lowest BCUT2D eigenvalue weighted by atomic mass is 9.88. The Morgan fingerprint density at radius 2 is 1.67 bits per heavy atom. The second-order valence-corrected chi connectivity index (χ2v) is 8.77. The highest BCUT2D eigenvalue weighted by atomic mass is 16.2. The van der Waals surface area contributed by atoms with Crippen LogP contribution >= 0.6 is 0 Å². The summed E-state index contributed by atoms with van der Waals surface area (Å²) in [5.41, 5.74) is 4.14. The molecule has 166 valence electrons. The molecule has 0 aliphatic carbocycles. The van der Waals surface area contributed by atoms with E-state index in [0.29, 0.717) is 29.3 Å². The number of carbonyl (C=O) groups excluding carboxylic acids is 2. The van der Waals surface area contributed by atoms with Gasteiger partial charge in [0, 0.05) is 55.3 Å². The standard InChI is InChI=1S/C25H24N6O2/c1-30-10-12-31(13-11-30)25-27-19-9-5-3-7-16(19)22(28-25)21-20(23(32)29-24(21)33)17-14-26-18-8-4-2-6-15(17)18/h2-9,17,26H,10-14H2,1H3,(H,29,32,33). The van der Waals surface area contributed by atoms with Gasteiger partial charge in [0.15, 0.2) is 0 Å². The average molecular weight is 441 g/mol. The van der Waals surface area contributed by atoms with Crippen LogP contribution in [0.25, 0.3) is 16.5 Å². The topological polar surface area (TPSA) is 90.5 Å². The summed E-state index contributed by atoms with van der Waals surface area (Å²) in [7, 11) is 2.10. The van der Waals surface area contributed by atoms with Gasteiger partial charge in [-0.2, -0.15) is 0 Å². The van der Waals surface area contributed by atoms with Crippen LogP contribution < -0.4 is 15.5 Å². The van der Waals surface area contributed by atoms with E-state index in [2.05, 4.69) is 27.5 Å². The number of amides is 2. The van der Waals surface area contributed by atoms with Crippen LogP contribution in [-0.2, 0) is 9.59 Å². The number of likely N-dealkylation sites (N-methyl/N-ethyl adjacent to an activating group) is 1. The number of imide groups is 1. The number of benzene rings is 2. The van der Waals surface area contributed by atoms with Gasteiger partial charge in [0.2, 0.25) is 5.95 Å². The number of rotatable bonds is 3. The maximum atomic E-state index is 13.1. The Labute approximate surface area is 191 Å². The van der Waals surface area contributed by atoms with Crippen molar-refractivity contribution in [2.75, 3.05) is 50.0 Å². The Morgan fingerprint density at radius 3 is 2.52 bits per heavy atom. The van der Waals surface area contributed by atoms with Crippen molar-refractivity contribution < 1.29 is 9.59 Å². The first kappa shape index (κ1) is 19.9. The Morgan fingerprint density at radius 1 is 0.909 bits per heavy atom. The molecule has 0 bridgehead atoms. The van der Waals surface area contributed by atoms with Crippen LogP contribution in [0.5, 0.6) is 0 Å². The minimum atomic E-state index is -0.396. The van der Waals surface area contributed by atoms with Crippen molar-refractivity contribution in [1.82, 2.24) is 20.2 Å². The first-order chi connectivity index (χ1) is 16.1. The van der Waals surface area contributed by atoms with Gasteiger partial charge in [-0.05, 0) is 24.7 Å². The van der Waals surface area contributed by atoms with E-state index in [1.807, 2.05) is 48.5 Å². The lowest BCUT2D eigenvalue weighted by Gasteiger charge is -2.32. The molecule has 1 atom stereocenters. The van der Waals surface area contributed by atoms with Gasteiger partial charge in [0.1, 0.15) is 0 Å². The van der Waals surface area contributed by atoms with Crippen molar-refractivity contribution in [2.45, 2.75) is 5.92 Å². The Hall–Kier alpha value is -3.78. The number of para-hydroxylation sites is 2. The zero-order valence-corrected chi connectivity index (χ0v) is 18.3. The molecule has 3 aromatic rings. The molecule has 0 radical (unpaired) electrons. The third-order valence-electron chi connectivity index (χ3n) is 6.76. The summed E-state index contributed by atoms with van der Waals surface area (Å²) in [5.74, 6) is -0.362. The Kier molecular flexibility index (Phi) is 4.62. The minimum Gasteiger partial charge on any atom is -0.384 e. The second-order valence-electron chi connectivity index (χ2n) is 8.77. The van der Waals surface area contributed by atoms with Crippen molar-refractivity contribution in [1.29, 1.82) is 0 Å². The third-order valence-corrected chi connectivity index (χ3v) is 6.76. The predicted octanol–water partition coefficient (Wildman–Crippen LogP) is 2.00. The molecular weight excluding hydrogens is 416 g/mol. The largest absolute Gasteiger partial charge is 0.384 e. The molecule has 2 aromatic carbocycles.